The van der Waals surface area contributed by atoms with E-state index >= 15 is 0 Å². The summed E-state index contributed by atoms with van der Waals surface area (Å²) in [5, 5.41) is 22.9. The molecule has 0 aromatic carbocycles. The third-order valence-electron chi connectivity index (χ3n) is 2.34. The number of aromatic nitrogens is 2. The molecule has 0 spiro atoms. The van der Waals surface area contributed by atoms with Crippen LogP contribution in [0.25, 0.3) is 0 Å². The lowest BCUT2D eigenvalue weighted by Gasteiger charge is -2.09. The molecular formula is C9H16N6O3. The van der Waals surface area contributed by atoms with E-state index in [0.717, 1.165) is 6.20 Å². The summed E-state index contributed by atoms with van der Waals surface area (Å²) in [4.78, 5) is 17.7. The van der Waals surface area contributed by atoms with Crippen LogP contribution in [-0.2, 0) is 0 Å². The predicted octanol–water partition coefficient (Wildman–Crippen LogP) is 0.243. The standard InChI is InChI=1S/C9H16N6O3/c1-2-6(16)3-4-11-8-7(15(17)18)5-12-9(13-8)14-10/h5-6,16H,2-4,10H2,1H3,(H2,11,12,13,14). The van der Waals surface area contributed by atoms with Crippen molar-refractivity contribution in [1.29, 1.82) is 0 Å². The monoisotopic (exact) mass is 256 g/mol. The van der Waals surface area contributed by atoms with Gasteiger partial charge in [0.15, 0.2) is 0 Å². The Bertz CT molecular complexity index is 413. The van der Waals surface area contributed by atoms with Gasteiger partial charge < -0.3 is 10.4 Å². The largest absolute Gasteiger partial charge is 0.393 e. The third kappa shape index (κ3) is 3.79. The van der Waals surface area contributed by atoms with Crippen molar-refractivity contribution in [2.45, 2.75) is 25.9 Å². The lowest BCUT2D eigenvalue weighted by Crippen LogP contribution is -2.16. The second-order valence-electron chi connectivity index (χ2n) is 3.61. The molecule has 0 saturated carbocycles. The van der Waals surface area contributed by atoms with Gasteiger partial charge in [0.1, 0.15) is 6.20 Å². The number of nitrogens with zero attached hydrogens (tertiary/aromatic N) is 3. The molecule has 9 nitrogen and oxygen atoms in total. The number of nitrogens with two attached hydrogens (primary N) is 1. The van der Waals surface area contributed by atoms with Gasteiger partial charge in [-0.1, -0.05) is 6.92 Å². The fraction of sp³-hybridized carbons (Fsp3) is 0.556. The minimum Gasteiger partial charge on any atom is -0.393 e. The SMILES string of the molecule is CCC(O)CCNc1nc(NN)ncc1[N+](=O)[O-]. The molecule has 0 saturated heterocycles. The maximum absolute atomic E-state index is 10.8. The van der Waals surface area contributed by atoms with E-state index in [1.54, 1.807) is 0 Å². The molecule has 0 aliphatic heterocycles. The van der Waals surface area contributed by atoms with E-state index in [0.29, 0.717) is 19.4 Å². The van der Waals surface area contributed by atoms with Crippen LogP contribution in [-0.4, -0.2) is 32.6 Å². The van der Waals surface area contributed by atoms with Crippen LogP contribution in [0.1, 0.15) is 19.8 Å². The van der Waals surface area contributed by atoms with Crippen molar-refractivity contribution in [2.24, 2.45) is 5.84 Å². The molecule has 5 N–H and O–H groups in total. The van der Waals surface area contributed by atoms with Crippen molar-refractivity contribution in [3.05, 3.63) is 16.3 Å². The first-order chi connectivity index (χ1) is 8.58. The highest BCUT2D eigenvalue weighted by Crippen LogP contribution is 2.21. The van der Waals surface area contributed by atoms with Gasteiger partial charge in [-0.05, 0) is 12.8 Å². The number of aliphatic hydroxyl groups is 1. The Labute approximate surface area is 104 Å². The first-order valence-electron chi connectivity index (χ1n) is 5.48. The van der Waals surface area contributed by atoms with E-state index in [9.17, 15) is 15.2 Å². The van der Waals surface area contributed by atoms with Crippen LogP contribution >= 0.6 is 0 Å². The van der Waals surface area contributed by atoms with Gasteiger partial charge in [-0.3, -0.25) is 15.5 Å². The molecule has 0 amide bonds. The van der Waals surface area contributed by atoms with Crippen LogP contribution in [0.5, 0.6) is 0 Å². The fourth-order valence-electron chi connectivity index (χ4n) is 1.27. The summed E-state index contributed by atoms with van der Waals surface area (Å²) in [6.45, 7) is 2.23. The molecule has 1 aromatic heterocycles. The number of rotatable bonds is 7. The summed E-state index contributed by atoms with van der Waals surface area (Å²) in [5.74, 6) is 5.29. The molecule has 100 valence electrons. The summed E-state index contributed by atoms with van der Waals surface area (Å²) in [6, 6.07) is 0. The minimum absolute atomic E-state index is 0.0752. The topological polar surface area (TPSA) is 139 Å². The molecule has 1 atom stereocenters. The number of nitro groups is 1. The summed E-state index contributed by atoms with van der Waals surface area (Å²) in [6.07, 6.45) is 1.73. The molecule has 1 rings (SSSR count). The van der Waals surface area contributed by atoms with Crippen LogP contribution in [0.3, 0.4) is 0 Å². The molecule has 0 aliphatic carbocycles. The van der Waals surface area contributed by atoms with Gasteiger partial charge in [0.25, 0.3) is 0 Å². The smallest absolute Gasteiger partial charge is 0.329 e. The van der Waals surface area contributed by atoms with E-state index in [2.05, 4.69) is 20.7 Å². The van der Waals surface area contributed by atoms with Crippen LogP contribution in [0, 0.1) is 10.1 Å². The third-order valence-corrected chi connectivity index (χ3v) is 2.34. The molecule has 0 fully saturated rings. The number of hydrogen-bond acceptors (Lipinski definition) is 8. The van der Waals surface area contributed by atoms with E-state index in [1.165, 1.54) is 0 Å². The summed E-state index contributed by atoms with van der Waals surface area (Å²) >= 11 is 0. The van der Waals surface area contributed by atoms with Crippen molar-refractivity contribution in [3.63, 3.8) is 0 Å². The number of hydrogen-bond donors (Lipinski definition) is 4. The van der Waals surface area contributed by atoms with Gasteiger partial charge >= 0.3 is 5.69 Å². The number of nitrogens with one attached hydrogen (secondary N) is 2. The highest BCUT2D eigenvalue weighted by atomic mass is 16.6. The van der Waals surface area contributed by atoms with E-state index in [1.807, 2.05) is 6.92 Å². The van der Waals surface area contributed by atoms with Crippen LogP contribution in [0.4, 0.5) is 17.5 Å². The zero-order valence-electron chi connectivity index (χ0n) is 9.96. The summed E-state index contributed by atoms with van der Waals surface area (Å²) in [5.41, 5.74) is 1.97. The first kappa shape index (κ1) is 14.1. The molecule has 1 aromatic rings. The zero-order chi connectivity index (χ0) is 13.5. The van der Waals surface area contributed by atoms with Crippen LogP contribution in [0.2, 0.25) is 0 Å². The Morgan fingerprint density at radius 3 is 2.94 bits per heavy atom. The zero-order valence-corrected chi connectivity index (χ0v) is 9.96. The highest BCUT2D eigenvalue weighted by molar-refractivity contribution is 5.56. The Balaban J connectivity index is 2.75. The average molecular weight is 256 g/mol. The van der Waals surface area contributed by atoms with Gasteiger partial charge in [-0.25, -0.2) is 10.8 Å². The highest BCUT2D eigenvalue weighted by Gasteiger charge is 2.16. The Hall–Kier alpha value is -2.00. The maximum atomic E-state index is 10.8. The Morgan fingerprint density at radius 1 is 1.67 bits per heavy atom. The summed E-state index contributed by atoms with van der Waals surface area (Å²) in [7, 11) is 0. The van der Waals surface area contributed by atoms with Crippen molar-refractivity contribution < 1.29 is 10.0 Å². The van der Waals surface area contributed by atoms with Crippen molar-refractivity contribution >= 4 is 17.5 Å². The lowest BCUT2D eigenvalue weighted by molar-refractivity contribution is -0.384. The molecule has 0 radical (unpaired) electrons. The van der Waals surface area contributed by atoms with Crippen LogP contribution < -0.4 is 16.6 Å². The second kappa shape index (κ2) is 6.67. The average Bonchev–Trinajstić information content (AvgIpc) is 2.37. The molecule has 0 bridgehead atoms. The molecular weight excluding hydrogens is 240 g/mol. The first-order valence-corrected chi connectivity index (χ1v) is 5.48. The normalized spacial score (nSPS) is 11.9. The molecule has 1 unspecified atom stereocenters. The predicted molar refractivity (Wildman–Crippen MR) is 65.9 cm³/mol. The van der Waals surface area contributed by atoms with Gasteiger partial charge in [-0.15, -0.1) is 0 Å². The van der Waals surface area contributed by atoms with Crippen molar-refractivity contribution in [1.82, 2.24) is 9.97 Å². The fourth-order valence-corrected chi connectivity index (χ4v) is 1.27. The number of nitrogen functional groups attached to an aromatic ring is 1. The van der Waals surface area contributed by atoms with Crippen molar-refractivity contribution in [3.8, 4) is 0 Å². The minimum atomic E-state index is -0.584. The summed E-state index contributed by atoms with van der Waals surface area (Å²) < 4.78 is 0. The van der Waals surface area contributed by atoms with Gasteiger partial charge in [0.2, 0.25) is 11.8 Å². The number of hydrazine groups is 1. The lowest BCUT2D eigenvalue weighted by atomic mass is 10.2. The van der Waals surface area contributed by atoms with E-state index in [4.69, 9.17) is 5.84 Å². The Kier molecular flexibility index (Phi) is 5.21. The quantitative estimate of drug-likeness (QED) is 0.309. The van der Waals surface area contributed by atoms with Crippen molar-refractivity contribution in [2.75, 3.05) is 17.3 Å². The Morgan fingerprint density at radius 2 is 2.39 bits per heavy atom. The number of anilines is 2. The maximum Gasteiger partial charge on any atom is 0.329 e. The second-order valence-corrected chi connectivity index (χ2v) is 3.61. The molecule has 9 heteroatoms. The molecule has 1 heterocycles. The molecule has 18 heavy (non-hydrogen) atoms. The van der Waals surface area contributed by atoms with Crippen LogP contribution in [0.15, 0.2) is 6.20 Å². The van der Waals surface area contributed by atoms with Gasteiger partial charge in [0.05, 0.1) is 11.0 Å². The van der Waals surface area contributed by atoms with E-state index in [-0.39, 0.29) is 17.5 Å². The van der Waals surface area contributed by atoms with E-state index < -0.39 is 11.0 Å². The van der Waals surface area contributed by atoms with Gasteiger partial charge in [0, 0.05) is 6.54 Å². The number of aliphatic hydroxyl groups excluding tert-OH is 1. The molecule has 0 aliphatic rings. The van der Waals surface area contributed by atoms with Gasteiger partial charge in [-0.2, -0.15) is 4.98 Å².